The van der Waals surface area contributed by atoms with Crippen molar-refractivity contribution in [3.8, 4) is 5.75 Å². The van der Waals surface area contributed by atoms with Gasteiger partial charge in [-0.15, -0.1) is 0 Å². The third kappa shape index (κ3) is 2.45. The molecule has 2 rings (SSSR count). The van der Waals surface area contributed by atoms with Crippen LogP contribution in [0.2, 0.25) is 0 Å². The zero-order chi connectivity index (χ0) is 12.3. The Kier molecular flexibility index (Phi) is 3.39. The number of ether oxygens (including phenoxy) is 1. The summed E-state index contributed by atoms with van der Waals surface area (Å²) in [4.78, 5) is 17.6. The highest BCUT2D eigenvalue weighted by Crippen LogP contribution is 2.20. The van der Waals surface area contributed by atoms with Crippen molar-refractivity contribution in [3.63, 3.8) is 0 Å². The van der Waals surface area contributed by atoms with E-state index in [0.717, 1.165) is 0 Å². The SMILES string of the molecule is C=CCOc1cccnc1C(=O)N1CC(O)C1. The standard InChI is InChI=1S/C12H14N2O3/c1-2-6-17-10-4-3-5-13-11(10)12(16)14-7-9(15)8-14/h2-5,9,15H,1,6-8H2. The number of likely N-dealkylation sites (tertiary alicyclic amines) is 1. The molecule has 0 atom stereocenters. The number of hydrogen-bond donors (Lipinski definition) is 1. The second-order valence-electron chi connectivity index (χ2n) is 3.81. The summed E-state index contributed by atoms with van der Waals surface area (Å²) in [5.74, 6) is 0.230. The van der Waals surface area contributed by atoms with Gasteiger partial charge in [0.15, 0.2) is 11.4 Å². The first-order valence-corrected chi connectivity index (χ1v) is 5.38. The van der Waals surface area contributed by atoms with E-state index >= 15 is 0 Å². The smallest absolute Gasteiger partial charge is 0.276 e. The molecule has 90 valence electrons. The second-order valence-corrected chi connectivity index (χ2v) is 3.81. The number of amides is 1. The fourth-order valence-corrected chi connectivity index (χ4v) is 1.59. The summed E-state index contributed by atoms with van der Waals surface area (Å²) in [5.41, 5.74) is 0.279. The van der Waals surface area contributed by atoms with Crippen LogP contribution in [0.1, 0.15) is 10.5 Å². The van der Waals surface area contributed by atoms with Gasteiger partial charge in [0, 0.05) is 19.3 Å². The minimum absolute atomic E-state index is 0.213. The lowest BCUT2D eigenvalue weighted by Crippen LogP contribution is -2.53. The summed E-state index contributed by atoms with van der Waals surface area (Å²) in [7, 11) is 0. The minimum atomic E-state index is -0.416. The third-order valence-electron chi connectivity index (χ3n) is 2.48. The quantitative estimate of drug-likeness (QED) is 0.769. The van der Waals surface area contributed by atoms with Crippen LogP contribution in [-0.2, 0) is 0 Å². The van der Waals surface area contributed by atoms with E-state index in [1.54, 1.807) is 24.4 Å². The largest absolute Gasteiger partial charge is 0.487 e. The first kappa shape index (κ1) is 11.6. The number of hydrogen-bond acceptors (Lipinski definition) is 4. The number of aliphatic hydroxyl groups is 1. The van der Waals surface area contributed by atoms with Crippen LogP contribution in [0.5, 0.6) is 5.75 Å². The van der Waals surface area contributed by atoms with Crippen molar-refractivity contribution in [2.75, 3.05) is 19.7 Å². The highest BCUT2D eigenvalue weighted by molar-refractivity contribution is 5.95. The van der Waals surface area contributed by atoms with Crippen molar-refractivity contribution < 1.29 is 14.6 Å². The Hall–Kier alpha value is -1.88. The lowest BCUT2D eigenvalue weighted by molar-refractivity contribution is 0.00526. The summed E-state index contributed by atoms with van der Waals surface area (Å²) in [5, 5.41) is 9.17. The maximum atomic E-state index is 12.0. The van der Waals surface area contributed by atoms with E-state index in [2.05, 4.69) is 11.6 Å². The van der Waals surface area contributed by atoms with Gasteiger partial charge in [-0.3, -0.25) is 4.79 Å². The van der Waals surface area contributed by atoms with Gasteiger partial charge in [-0.25, -0.2) is 4.98 Å². The summed E-state index contributed by atoms with van der Waals surface area (Å²) < 4.78 is 5.36. The molecule has 0 spiro atoms. The maximum Gasteiger partial charge on any atom is 0.276 e. The van der Waals surface area contributed by atoms with Crippen LogP contribution in [0.25, 0.3) is 0 Å². The molecule has 1 aromatic heterocycles. The normalized spacial score (nSPS) is 15.2. The Morgan fingerprint density at radius 3 is 3.12 bits per heavy atom. The van der Waals surface area contributed by atoms with E-state index in [1.807, 2.05) is 0 Å². The van der Waals surface area contributed by atoms with Gasteiger partial charge in [0.05, 0.1) is 6.10 Å². The van der Waals surface area contributed by atoms with Crippen LogP contribution in [0.3, 0.4) is 0 Å². The van der Waals surface area contributed by atoms with E-state index in [0.29, 0.717) is 25.4 Å². The van der Waals surface area contributed by atoms with Crippen LogP contribution in [-0.4, -0.2) is 46.7 Å². The topological polar surface area (TPSA) is 62.7 Å². The molecule has 0 saturated carbocycles. The monoisotopic (exact) mass is 234 g/mol. The van der Waals surface area contributed by atoms with Crippen LogP contribution in [0, 0.1) is 0 Å². The van der Waals surface area contributed by atoms with Crippen molar-refractivity contribution in [3.05, 3.63) is 36.7 Å². The second kappa shape index (κ2) is 4.97. The van der Waals surface area contributed by atoms with Crippen molar-refractivity contribution in [2.24, 2.45) is 0 Å². The van der Waals surface area contributed by atoms with Crippen molar-refractivity contribution in [2.45, 2.75) is 6.10 Å². The molecule has 1 aromatic rings. The lowest BCUT2D eigenvalue weighted by Gasteiger charge is -2.35. The highest BCUT2D eigenvalue weighted by Gasteiger charge is 2.31. The first-order chi connectivity index (χ1) is 8.22. The molecule has 2 heterocycles. The maximum absolute atomic E-state index is 12.0. The van der Waals surface area contributed by atoms with E-state index in [1.165, 1.54) is 4.90 Å². The molecule has 1 aliphatic heterocycles. The number of carbonyl (C=O) groups excluding carboxylic acids is 1. The number of pyridine rings is 1. The first-order valence-electron chi connectivity index (χ1n) is 5.38. The van der Waals surface area contributed by atoms with Gasteiger partial charge in [-0.2, -0.15) is 0 Å². The number of β-amino-alcohol motifs (C(OH)–C–C–N with tert-alkyl or cyclic N) is 1. The molecule has 1 N–H and O–H groups in total. The summed E-state index contributed by atoms with van der Waals surface area (Å²) in [6.07, 6.45) is 2.74. The third-order valence-corrected chi connectivity index (χ3v) is 2.48. The molecule has 0 unspecified atom stereocenters. The summed E-state index contributed by atoms with van der Waals surface area (Å²) in [6, 6.07) is 3.40. The molecule has 1 saturated heterocycles. The van der Waals surface area contributed by atoms with Gasteiger partial charge in [-0.1, -0.05) is 12.7 Å². The molecule has 17 heavy (non-hydrogen) atoms. The van der Waals surface area contributed by atoms with E-state index in [9.17, 15) is 4.79 Å². The number of aliphatic hydroxyl groups excluding tert-OH is 1. The van der Waals surface area contributed by atoms with Crippen molar-refractivity contribution >= 4 is 5.91 Å². The number of aromatic nitrogens is 1. The number of nitrogens with zero attached hydrogens (tertiary/aromatic N) is 2. The molecule has 0 aliphatic carbocycles. The molecule has 1 fully saturated rings. The van der Waals surface area contributed by atoms with Crippen molar-refractivity contribution in [1.29, 1.82) is 0 Å². The highest BCUT2D eigenvalue weighted by atomic mass is 16.5. The Balaban J connectivity index is 2.13. The van der Waals surface area contributed by atoms with Gasteiger partial charge >= 0.3 is 0 Å². The molecule has 0 aromatic carbocycles. The van der Waals surface area contributed by atoms with E-state index < -0.39 is 6.10 Å². The fourth-order valence-electron chi connectivity index (χ4n) is 1.59. The molecule has 0 radical (unpaired) electrons. The molecule has 5 nitrogen and oxygen atoms in total. The fraction of sp³-hybridized carbons (Fsp3) is 0.333. The van der Waals surface area contributed by atoms with E-state index in [4.69, 9.17) is 9.84 Å². The van der Waals surface area contributed by atoms with E-state index in [-0.39, 0.29) is 11.6 Å². The molecular weight excluding hydrogens is 220 g/mol. The zero-order valence-electron chi connectivity index (χ0n) is 9.37. The van der Waals surface area contributed by atoms with Crippen LogP contribution >= 0.6 is 0 Å². The van der Waals surface area contributed by atoms with Gasteiger partial charge in [0.2, 0.25) is 0 Å². The Bertz CT molecular complexity index is 428. The summed E-state index contributed by atoms with van der Waals surface area (Å²) in [6.45, 7) is 4.59. The Morgan fingerprint density at radius 1 is 1.71 bits per heavy atom. The number of carbonyl (C=O) groups is 1. The van der Waals surface area contributed by atoms with Gasteiger partial charge < -0.3 is 14.7 Å². The molecule has 1 aliphatic rings. The van der Waals surface area contributed by atoms with Gasteiger partial charge in [-0.05, 0) is 12.1 Å². The average molecular weight is 234 g/mol. The Morgan fingerprint density at radius 2 is 2.47 bits per heavy atom. The average Bonchev–Trinajstić information content (AvgIpc) is 2.32. The zero-order valence-corrected chi connectivity index (χ0v) is 9.37. The molecule has 5 heteroatoms. The van der Waals surface area contributed by atoms with Gasteiger partial charge in [0.1, 0.15) is 6.61 Å². The minimum Gasteiger partial charge on any atom is -0.487 e. The predicted molar refractivity (Wildman–Crippen MR) is 61.8 cm³/mol. The predicted octanol–water partition coefficient (Wildman–Crippen LogP) is 0.463. The van der Waals surface area contributed by atoms with Gasteiger partial charge in [0.25, 0.3) is 5.91 Å². The molecular formula is C12H14N2O3. The summed E-state index contributed by atoms with van der Waals surface area (Å²) >= 11 is 0. The van der Waals surface area contributed by atoms with Crippen molar-refractivity contribution in [1.82, 2.24) is 9.88 Å². The van der Waals surface area contributed by atoms with Crippen LogP contribution in [0.15, 0.2) is 31.0 Å². The lowest BCUT2D eigenvalue weighted by atomic mass is 10.1. The molecule has 1 amide bonds. The van der Waals surface area contributed by atoms with Crippen LogP contribution < -0.4 is 4.74 Å². The Labute approximate surface area is 99.3 Å². The van der Waals surface area contributed by atoms with Crippen LogP contribution in [0.4, 0.5) is 0 Å². The molecule has 0 bridgehead atoms. The number of rotatable bonds is 4.